The van der Waals surface area contributed by atoms with Gasteiger partial charge in [-0.15, -0.1) is 0 Å². The Balaban J connectivity index is 2.02. The highest BCUT2D eigenvalue weighted by atomic mass is 16.5. The van der Waals surface area contributed by atoms with Crippen LogP contribution >= 0.6 is 0 Å². The third kappa shape index (κ3) is 4.18. The Kier molecular flexibility index (Phi) is 5.28. The van der Waals surface area contributed by atoms with Crippen molar-refractivity contribution in [3.05, 3.63) is 0 Å². The van der Waals surface area contributed by atoms with Gasteiger partial charge in [-0.1, -0.05) is 0 Å². The summed E-state index contributed by atoms with van der Waals surface area (Å²) in [6.45, 7) is 11.5. The van der Waals surface area contributed by atoms with Crippen molar-refractivity contribution in [2.24, 2.45) is 0 Å². The lowest BCUT2D eigenvalue weighted by Crippen LogP contribution is -2.63. The molecule has 5 nitrogen and oxygen atoms in total. The summed E-state index contributed by atoms with van der Waals surface area (Å²) in [7, 11) is 2.18. The summed E-state index contributed by atoms with van der Waals surface area (Å²) >= 11 is 0. The Labute approximate surface area is 129 Å². The zero-order valence-electron chi connectivity index (χ0n) is 14.2. The topological polar surface area (TPSA) is 44.8 Å². The van der Waals surface area contributed by atoms with Gasteiger partial charge in [0.15, 0.2) is 0 Å². The molecule has 1 aliphatic carbocycles. The molecule has 1 aliphatic heterocycles. The largest absolute Gasteiger partial charge is 0.465 e. The molecule has 0 spiro atoms. The number of piperazine rings is 1. The maximum atomic E-state index is 12.4. The van der Waals surface area contributed by atoms with E-state index in [1.807, 2.05) is 13.8 Å². The molecular weight excluding hydrogens is 266 g/mol. The van der Waals surface area contributed by atoms with Crippen molar-refractivity contribution in [3.63, 3.8) is 0 Å². The van der Waals surface area contributed by atoms with Crippen molar-refractivity contribution in [2.45, 2.75) is 64.2 Å². The van der Waals surface area contributed by atoms with Gasteiger partial charge in [-0.3, -0.25) is 19.9 Å². The van der Waals surface area contributed by atoms with Crippen molar-refractivity contribution in [1.29, 1.82) is 0 Å². The summed E-state index contributed by atoms with van der Waals surface area (Å²) in [5, 5.41) is 3.51. The lowest BCUT2D eigenvalue weighted by molar-refractivity contribution is -0.152. The molecule has 0 amide bonds. The number of hydrogen-bond acceptors (Lipinski definition) is 5. The van der Waals surface area contributed by atoms with Crippen LogP contribution in [0.15, 0.2) is 0 Å². The average Bonchev–Trinajstić information content (AvgIpc) is 3.19. The molecule has 2 fully saturated rings. The molecule has 1 saturated carbocycles. The van der Waals surface area contributed by atoms with Crippen LogP contribution in [0.3, 0.4) is 0 Å². The van der Waals surface area contributed by atoms with Gasteiger partial charge in [0.05, 0.1) is 6.61 Å². The average molecular weight is 297 g/mol. The van der Waals surface area contributed by atoms with E-state index in [0.29, 0.717) is 24.7 Å². The predicted molar refractivity (Wildman–Crippen MR) is 84.3 cm³/mol. The van der Waals surface area contributed by atoms with E-state index in [4.69, 9.17) is 4.74 Å². The number of likely N-dealkylation sites (N-methyl/N-ethyl adjacent to an activating group) is 1. The van der Waals surface area contributed by atoms with Gasteiger partial charge in [-0.25, -0.2) is 0 Å². The predicted octanol–water partition coefficient (Wildman–Crippen LogP) is 1.08. The fourth-order valence-electron chi connectivity index (χ4n) is 3.23. The minimum atomic E-state index is -0.591. The summed E-state index contributed by atoms with van der Waals surface area (Å²) < 4.78 is 5.31. The Hall–Kier alpha value is -0.650. The van der Waals surface area contributed by atoms with Crippen molar-refractivity contribution >= 4 is 5.97 Å². The van der Waals surface area contributed by atoms with Crippen LogP contribution in [-0.4, -0.2) is 72.7 Å². The third-order valence-corrected chi connectivity index (χ3v) is 4.80. The number of esters is 1. The Morgan fingerprint density at radius 1 is 1.29 bits per heavy atom. The maximum Gasteiger partial charge on any atom is 0.327 e. The number of hydrogen-bond donors (Lipinski definition) is 1. The summed E-state index contributed by atoms with van der Waals surface area (Å²) in [5.41, 5.74) is -0.591. The van der Waals surface area contributed by atoms with Crippen LogP contribution in [-0.2, 0) is 9.53 Å². The van der Waals surface area contributed by atoms with E-state index in [9.17, 15) is 4.79 Å². The molecule has 122 valence electrons. The summed E-state index contributed by atoms with van der Waals surface area (Å²) in [5.74, 6) is -0.115. The van der Waals surface area contributed by atoms with Crippen LogP contribution < -0.4 is 5.32 Å². The van der Waals surface area contributed by atoms with E-state index in [0.717, 1.165) is 19.6 Å². The molecule has 0 aromatic carbocycles. The Morgan fingerprint density at radius 2 is 1.86 bits per heavy atom. The molecule has 2 rings (SSSR count). The molecule has 2 aliphatic rings. The second kappa shape index (κ2) is 6.63. The first-order valence-electron chi connectivity index (χ1n) is 8.25. The van der Waals surface area contributed by atoms with E-state index in [-0.39, 0.29) is 5.97 Å². The monoisotopic (exact) mass is 297 g/mol. The minimum absolute atomic E-state index is 0.115. The molecular formula is C16H31N3O2. The zero-order valence-corrected chi connectivity index (χ0v) is 14.2. The summed E-state index contributed by atoms with van der Waals surface area (Å²) in [6, 6.07) is 1.52. The van der Waals surface area contributed by atoms with Crippen LogP contribution in [0.2, 0.25) is 0 Å². The third-order valence-electron chi connectivity index (χ3n) is 4.80. The number of carbonyl (C=O) groups excluding carboxylic acids is 1. The highest BCUT2D eigenvalue weighted by molar-refractivity contribution is 5.80. The van der Waals surface area contributed by atoms with E-state index in [1.54, 1.807) is 0 Å². The van der Waals surface area contributed by atoms with Gasteiger partial charge >= 0.3 is 5.97 Å². The highest BCUT2D eigenvalue weighted by Gasteiger charge is 2.42. The van der Waals surface area contributed by atoms with Crippen LogP contribution in [0.5, 0.6) is 0 Å². The SMILES string of the molecule is CCOC(=O)C(C)(CN1CC(C)N(C)C(C)C1)NC1CC1. The first kappa shape index (κ1) is 16.7. The lowest BCUT2D eigenvalue weighted by atomic mass is 9.99. The van der Waals surface area contributed by atoms with Crippen LogP contribution in [0, 0.1) is 0 Å². The van der Waals surface area contributed by atoms with Crippen molar-refractivity contribution in [2.75, 3.05) is 33.3 Å². The van der Waals surface area contributed by atoms with Gasteiger partial charge < -0.3 is 4.74 Å². The number of nitrogens with zero attached hydrogens (tertiary/aromatic N) is 2. The first-order chi connectivity index (χ1) is 9.85. The first-order valence-corrected chi connectivity index (χ1v) is 8.25. The summed E-state index contributed by atoms with van der Waals surface area (Å²) in [6.07, 6.45) is 2.34. The van der Waals surface area contributed by atoms with E-state index in [2.05, 4.69) is 36.0 Å². The van der Waals surface area contributed by atoms with Gasteiger partial charge in [0.25, 0.3) is 0 Å². The van der Waals surface area contributed by atoms with Gasteiger partial charge in [0.2, 0.25) is 0 Å². The Morgan fingerprint density at radius 3 is 2.33 bits per heavy atom. The second-order valence-electron chi connectivity index (χ2n) is 7.03. The molecule has 0 aromatic rings. The molecule has 5 heteroatoms. The van der Waals surface area contributed by atoms with Crippen LogP contribution in [0.25, 0.3) is 0 Å². The standard InChI is InChI=1S/C16H31N3O2/c1-6-21-15(20)16(4,17-14-7-8-14)11-19-9-12(2)18(5)13(3)10-19/h12-14,17H,6-11H2,1-5H3. The molecule has 0 aromatic heterocycles. The van der Waals surface area contributed by atoms with Gasteiger partial charge in [-0.05, 0) is 47.6 Å². The quantitative estimate of drug-likeness (QED) is 0.744. The van der Waals surface area contributed by atoms with Crippen LogP contribution in [0.1, 0.15) is 40.5 Å². The fraction of sp³-hybridized carbons (Fsp3) is 0.938. The van der Waals surface area contributed by atoms with Gasteiger partial charge in [0, 0.05) is 37.8 Å². The van der Waals surface area contributed by atoms with Crippen LogP contribution in [0.4, 0.5) is 0 Å². The van der Waals surface area contributed by atoms with Gasteiger partial charge in [-0.2, -0.15) is 0 Å². The smallest absolute Gasteiger partial charge is 0.327 e. The zero-order chi connectivity index (χ0) is 15.6. The second-order valence-corrected chi connectivity index (χ2v) is 7.03. The highest BCUT2D eigenvalue weighted by Crippen LogP contribution is 2.25. The lowest BCUT2D eigenvalue weighted by Gasteiger charge is -2.45. The number of nitrogens with one attached hydrogen (secondary N) is 1. The molecule has 1 N–H and O–H groups in total. The molecule has 0 bridgehead atoms. The van der Waals surface area contributed by atoms with Crippen molar-refractivity contribution in [3.8, 4) is 0 Å². The molecule has 0 radical (unpaired) electrons. The van der Waals surface area contributed by atoms with E-state index >= 15 is 0 Å². The summed E-state index contributed by atoms with van der Waals surface area (Å²) in [4.78, 5) is 17.2. The number of carbonyl (C=O) groups is 1. The van der Waals surface area contributed by atoms with E-state index < -0.39 is 5.54 Å². The molecule has 1 heterocycles. The maximum absolute atomic E-state index is 12.4. The molecule has 1 saturated heterocycles. The normalized spacial score (nSPS) is 30.9. The van der Waals surface area contributed by atoms with E-state index in [1.165, 1.54) is 12.8 Å². The van der Waals surface area contributed by atoms with Crippen molar-refractivity contribution < 1.29 is 9.53 Å². The van der Waals surface area contributed by atoms with Crippen molar-refractivity contribution in [1.82, 2.24) is 15.1 Å². The minimum Gasteiger partial charge on any atom is -0.465 e. The Bertz CT molecular complexity index is 361. The number of rotatable bonds is 6. The fourth-order valence-corrected chi connectivity index (χ4v) is 3.23. The molecule has 3 unspecified atom stereocenters. The molecule has 21 heavy (non-hydrogen) atoms. The number of ether oxygens (including phenoxy) is 1. The molecule has 3 atom stereocenters. The van der Waals surface area contributed by atoms with Gasteiger partial charge in [0.1, 0.15) is 5.54 Å².